The zero-order valence-corrected chi connectivity index (χ0v) is 23.6. The van der Waals surface area contributed by atoms with Crippen molar-refractivity contribution in [3.8, 4) is 11.4 Å². The van der Waals surface area contributed by atoms with E-state index in [0.717, 1.165) is 44.0 Å². The largest absolute Gasteiger partial charge is 0.424 e. The molecule has 7 rings (SSSR count). The van der Waals surface area contributed by atoms with Crippen molar-refractivity contribution in [1.82, 2.24) is 14.5 Å². The van der Waals surface area contributed by atoms with Gasteiger partial charge in [0.1, 0.15) is 11.4 Å². The average molecular weight is 580 g/mol. The molecule has 3 aromatic heterocycles. The third-order valence-corrected chi connectivity index (χ3v) is 8.35. The highest BCUT2D eigenvalue weighted by Crippen LogP contribution is 2.47. The van der Waals surface area contributed by atoms with Crippen molar-refractivity contribution in [3.05, 3.63) is 89.4 Å². The number of carbonyl (C=O) groups excluding carboxylic acids is 3. The Balaban J connectivity index is 1.32. The number of H-pyrrole nitrogens is 2. The standard InChI is InChI=1S/C32H26ClN5O4/c1-16-14-35-30-27(42-17(2)39)12-25-29(28(16)30)20(13-33)15-37(25)32(41)23-10-19-9-21(7-8-22(19)36-23)38-24-6-4-3-5-18(24)11-26(38)31(34)40/h3-12,14,20,35-36H,13,15H2,1-2H3,(H2,34,40). The maximum absolute atomic E-state index is 14.0. The number of ether oxygens (including phenoxy) is 1. The minimum Gasteiger partial charge on any atom is -0.424 e. The van der Waals surface area contributed by atoms with Crippen LogP contribution >= 0.6 is 11.6 Å². The third-order valence-electron chi connectivity index (χ3n) is 7.98. The minimum atomic E-state index is -0.530. The van der Waals surface area contributed by atoms with E-state index in [1.807, 2.05) is 60.2 Å². The molecule has 0 spiro atoms. The lowest BCUT2D eigenvalue weighted by Gasteiger charge is -2.18. The second-order valence-electron chi connectivity index (χ2n) is 10.6. The zero-order valence-electron chi connectivity index (χ0n) is 22.8. The highest BCUT2D eigenvalue weighted by atomic mass is 35.5. The van der Waals surface area contributed by atoms with E-state index in [2.05, 4.69) is 9.97 Å². The number of fused-ring (bicyclic) bond motifs is 5. The number of amides is 2. The van der Waals surface area contributed by atoms with Gasteiger partial charge in [0.25, 0.3) is 11.8 Å². The second-order valence-corrected chi connectivity index (χ2v) is 10.9. The van der Waals surface area contributed by atoms with E-state index in [4.69, 9.17) is 22.1 Å². The number of hydrogen-bond donors (Lipinski definition) is 3. The molecule has 0 radical (unpaired) electrons. The summed E-state index contributed by atoms with van der Waals surface area (Å²) in [5.41, 5.74) is 12.2. The molecule has 1 aliphatic rings. The fourth-order valence-corrected chi connectivity index (χ4v) is 6.45. The number of benzene rings is 3. The predicted octanol–water partition coefficient (Wildman–Crippen LogP) is 5.91. The molecule has 0 fully saturated rings. The topological polar surface area (TPSA) is 126 Å². The molecule has 2 amide bonds. The Labute approximate surface area is 244 Å². The molecule has 0 saturated heterocycles. The SMILES string of the molecule is CC(=O)Oc1cc2c(c3c(C)c[nH]c13)C(CCl)CN2C(=O)c1cc2cc(-n3c(C(N)=O)cc4ccccc43)ccc2[nH]1. The first-order valence-electron chi connectivity index (χ1n) is 13.5. The van der Waals surface area contributed by atoms with Crippen molar-refractivity contribution in [2.24, 2.45) is 5.73 Å². The molecular weight excluding hydrogens is 554 g/mol. The van der Waals surface area contributed by atoms with E-state index < -0.39 is 11.9 Å². The number of carbonyl (C=O) groups is 3. The highest BCUT2D eigenvalue weighted by Gasteiger charge is 2.36. The molecule has 210 valence electrons. The van der Waals surface area contributed by atoms with Crippen LogP contribution in [-0.4, -0.2) is 44.7 Å². The number of nitrogens with one attached hydrogen (secondary N) is 2. The normalized spacial score (nSPS) is 14.6. The summed E-state index contributed by atoms with van der Waals surface area (Å²) in [7, 11) is 0. The van der Waals surface area contributed by atoms with Gasteiger partial charge in [0, 0.05) is 64.9 Å². The van der Waals surface area contributed by atoms with Gasteiger partial charge in [0.15, 0.2) is 5.75 Å². The van der Waals surface area contributed by atoms with Gasteiger partial charge in [0.2, 0.25) is 0 Å². The Kier molecular flexibility index (Phi) is 5.88. The molecule has 4 heterocycles. The molecule has 0 bridgehead atoms. The average Bonchev–Trinajstić information content (AvgIpc) is 3.74. The van der Waals surface area contributed by atoms with Gasteiger partial charge in [0.05, 0.1) is 16.7 Å². The van der Waals surface area contributed by atoms with Crippen molar-refractivity contribution < 1.29 is 19.1 Å². The number of rotatable bonds is 5. The van der Waals surface area contributed by atoms with E-state index in [0.29, 0.717) is 40.8 Å². The smallest absolute Gasteiger partial charge is 0.308 e. The molecule has 10 heteroatoms. The summed E-state index contributed by atoms with van der Waals surface area (Å²) in [6.45, 7) is 3.71. The quantitative estimate of drug-likeness (QED) is 0.133. The molecule has 6 aromatic rings. The number of anilines is 1. The van der Waals surface area contributed by atoms with Crippen molar-refractivity contribution in [1.29, 1.82) is 0 Å². The molecule has 1 unspecified atom stereocenters. The lowest BCUT2D eigenvalue weighted by molar-refractivity contribution is -0.131. The van der Waals surface area contributed by atoms with Gasteiger partial charge in [-0.15, -0.1) is 11.6 Å². The Morgan fingerprint density at radius 3 is 2.64 bits per heavy atom. The van der Waals surface area contributed by atoms with Crippen molar-refractivity contribution in [3.63, 3.8) is 0 Å². The van der Waals surface area contributed by atoms with E-state index in [9.17, 15) is 14.4 Å². The van der Waals surface area contributed by atoms with Gasteiger partial charge in [-0.25, -0.2) is 0 Å². The lowest BCUT2D eigenvalue weighted by atomic mass is 9.97. The maximum Gasteiger partial charge on any atom is 0.308 e. The number of aromatic nitrogens is 3. The molecule has 4 N–H and O–H groups in total. The Morgan fingerprint density at radius 2 is 1.88 bits per heavy atom. The molecule has 42 heavy (non-hydrogen) atoms. The Morgan fingerprint density at radius 1 is 1.07 bits per heavy atom. The summed E-state index contributed by atoms with van der Waals surface area (Å²) >= 11 is 6.43. The number of hydrogen-bond acceptors (Lipinski definition) is 4. The lowest BCUT2D eigenvalue weighted by Crippen LogP contribution is -2.30. The summed E-state index contributed by atoms with van der Waals surface area (Å²) in [4.78, 5) is 46.4. The predicted molar refractivity (Wildman–Crippen MR) is 163 cm³/mol. The number of esters is 1. The zero-order chi connectivity index (χ0) is 29.3. The first-order valence-corrected chi connectivity index (χ1v) is 14.0. The van der Waals surface area contributed by atoms with Crippen LogP contribution < -0.4 is 15.4 Å². The number of para-hydroxylation sites is 1. The molecule has 0 aliphatic carbocycles. The first kappa shape index (κ1) is 25.9. The van der Waals surface area contributed by atoms with Crippen LogP contribution in [0.2, 0.25) is 0 Å². The summed E-state index contributed by atoms with van der Waals surface area (Å²) in [5, 5.41) is 2.61. The minimum absolute atomic E-state index is 0.0979. The van der Waals surface area contributed by atoms with Gasteiger partial charge in [-0.1, -0.05) is 18.2 Å². The van der Waals surface area contributed by atoms with E-state index >= 15 is 0 Å². The third kappa shape index (κ3) is 3.88. The first-order chi connectivity index (χ1) is 20.2. The van der Waals surface area contributed by atoms with Gasteiger partial charge in [-0.05, 0) is 54.4 Å². The van der Waals surface area contributed by atoms with Gasteiger partial charge < -0.3 is 29.9 Å². The fourth-order valence-electron chi connectivity index (χ4n) is 6.20. The number of nitrogens with two attached hydrogens (primary N) is 1. The molecule has 3 aromatic carbocycles. The molecule has 9 nitrogen and oxygen atoms in total. The van der Waals surface area contributed by atoms with Crippen LogP contribution in [0.3, 0.4) is 0 Å². The maximum atomic E-state index is 14.0. The number of aromatic amines is 2. The number of aryl methyl sites for hydroxylation is 1. The van der Waals surface area contributed by atoms with Crippen LogP contribution in [0.5, 0.6) is 5.75 Å². The Bertz CT molecular complexity index is 2100. The fraction of sp³-hybridized carbons (Fsp3) is 0.156. The van der Waals surface area contributed by atoms with Crippen molar-refractivity contribution in [2.45, 2.75) is 19.8 Å². The number of nitrogens with zero attached hydrogens (tertiary/aromatic N) is 2. The summed E-state index contributed by atoms with van der Waals surface area (Å²) in [5.74, 6) is -0.617. The van der Waals surface area contributed by atoms with Gasteiger partial charge in [-0.3, -0.25) is 14.4 Å². The molecular formula is C32H26ClN5O4. The van der Waals surface area contributed by atoms with E-state index in [-0.39, 0.29) is 11.8 Å². The van der Waals surface area contributed by atoms with Gasteiger partial charge in [-0.2, -0.15) is 0 Å². The van der Waals surface area contributed by atoms with Crippen LogP contribution in [0, 0.1) is 6.92 Å². The highest BCUT2D eigenvalue weighted by molar-refractivity contribution is 6.19. The van der Waals surface area contributed by atoms with Crippen LogP contribution in [0.15, 0.2) is 66.9 Å². The van der Waals surface area contributed by atoms with Crippen LogP contribution in [0.25, 0.3) is 38.4 Å². The van der Waals surface area contributed by atoms with E-state index in [1.54, 1.807) is 23.1 Å². The van der Waals surface area contributed by atoms with Crippen LogP contribution in [0.4, 0.5) is 5.69 Å². The molecule has 1 aliphatic heterocycles. The second kappa shape index (κ2) is 9.53. The summed E-state index contributed by atoms with van der Waals surface area (Å²) < 4.78 is 7.37. The summed E-state index contributed by atoms with van der Waals surface area (Å²) in [6, 6.07) is 18.7. The Hall–Kier alpha value is -5.02. The number of primary amides is 1. The number of alkyl halides is 1. The van der Waals surface area contributed by atoms with E-state index in [1.165, 1.54) is 6.92 Å². The van der Waals surface area contributed by atoms with Crippen molar-refractivity contribution >= 4 is 67.8 Å². The molecule has 0 saturated carbocycles. The monoisotopic (exact) mass is 579 g/mol. The summed E-state index contributed by atoms with van der Waals surface area (Å²) in [6.07, 6.45) is 1.86. The van der Waals surface area contributed by atoms with Crippen LogP contribution in [-0.2, 0) is 4.79 Å². The number of halogens is 1. The van der Waals surface area contributed by atoms with Crippen LogP contribution in [0.1, 0.15) is 44.9 Å². The van der Waals surface area contributed by atoms with Gasteiger partial charge >= 0.3 is 5.97 Å². The molecule has 1 atom stereocenters. The van der Waals surface area contributed by atoms with Crippen molar-refractivity contribution in [2.75, 3.05) is 17.3 Å².